The van der Waals surface area contributed by atoms with E-state index in [2.05, 4.69) is 11.6 Å². The quantitative estimate of drug-likeness (QED) is 0.716. The van der Waals surface area contributed by atoms with Crippen LogP contribution in [0.3, 0.4) is 0 Å². The van der Waals surface area contributed by atoms with E-state index in [0.717, 1.165) is 13.1 Å². The van der Waals surface area contributed by atoms with Gasteiger partial charge in [0.05, 0.1) is 5.56 Å². The summed E-state index contributed by atoms with van der Waals surface area (Å²) in [5, 5.41) is 12.3. The Balaban J connectivity index is 1.68. The normalized spacial score (nSPS) is 16.1. The zero-order valence-electron chi connectivity index (χ0n) is 11.0. The van der Waals surface area contributed by atoms with Crippen molar-refractivity contribution in [3.63, 3.8) is 0 Å². The molecule has 0 atom stereocenters. The molecule has 0 radical (unpaired) electrons. The molecule has 1 aromatic carbocycles. The van der Waals surface area contributed by atoms with Crippen LogP contribution in [-0.4, -0.2) is 41.8 Å². The van der Waals surface area contributed by atoms with Crippen molar-refractivity contribution < 1.29 is 14.6 Å². The van der Waals surface area contributed by atoms with Gasteiger partial charge in [0, 0.05) is 17.8 Å². The standard InChI is InChI=1S/C14H19NO3S/c1-19-14(5-6-14)10-15-7-8-18-12-4-2-3-11(9-12)13(16)17/h2-4,9,15H,5-8,10H2,1H3,(H,16,17). The lowest BCUT2D eigenvalue weighted by molar-refractivity contribution is 0.0696. The van der Waals surface area contributed by atoms with Gasteiger partial charge in [-0.25, -0.2) is 4.79 Å². The molecule has 2 rings (SSSR count). The molecule has 1 aromatic rings. The lowest BCUT2D eigenvalue weighted by Gasteiger charge is -2.13. The highest BCUT2D eigenvalue weighted by Crippen LogP contribution is 2.46. The Morgan fingerprint density at radius 3 is 2.95 bits per heavy atom. The molecule has 4 nitrogen and oxygen atoms in total. The monoisotopic (exact) mass is 281 g/mol. The molecule has 0 aromatic heterocycles. The van der Waals surface area contributed by atoms with Crippen molar-refractivity contribution in [3.05, 3.63) is 29.8 Å². The molecular weight excluding hydrogens is 262 g/mol. The Morgan fingerprint density at radius 1 is 1.53 bits per heavy atom. The lowest BCUT2D eigenvalue weighted by atomic mass is 10.2. The Kier molecular flexibility index (Phi) is 4.71. The third-order valence-electron chi connectivity index (χ3n) is 3.32. The fourth-order valence-corrected chi connectivity index (χ4v) is 2.63. The number of rotatable bonds is 8. The summed E-state index contributed by atoms with van der Waals surface area (Å²) in [6.07, 6.45) is 4.74. The van der Waals surface area contributed by atoms with Crippen molar-refractivity contribution in [1.82, 2.24) is 5.32 Å². The number of ether oxygens (including phenoxy) is 1. The predicted molar refractivity (Wildman–Crippen MR) is 77.2 cm³/mol. The van der Waals surface area contributed by atoms with Crippen molar-refractivity contribution in [2.45, 2.75) is 17.6 Å². The number of carboxylic acids is 1. The fourth-order valence-electron chi connectivity index (χ4n) is 1.87. The van der Waals surface area contributed by atoms with Gasteiger partial charge in [0.15, 0.2) is 0 Å². The maximum atomic E-state index is 10.8. The molecule has 0 aliphatic heterocycles. The summed E-state index contributed by atoms with van der Waals surface area (Å²) in [6, 6.07) is 6.57. The van der Waals surface area contributed by atoms with Crippen LogP contribution in [0.2, 0.25) is 0 Å². The van der Waals surface area contributed by atoms with Gasteiger partial charge in [-0.3, -0.25) is 0 Å². The van der Waals surface area contributed by atoms with Crippen LogP contribution in [0.15, 0.2) is 24.3 Å². The summed E-state index contributed by atoms with van der Waals surface area (Å²) in [7, 11) is 0. The molecule has 0 spiro atoms. The lowest BCUT2D eigenvalue weighted by Crippen LogP contribution is -2.29. The second-order valence-corrected chi connectivity index (χ2v) is 6.02. The number of thioether (sulfide) groups is 1. The zero-order valence-corrected chi connectivity index (χ0v) is 11.8. The summed E-state index contributed by atoms with van der Waals surface area (Å²) in [5.41, 5.74) is 0.254. The molecule has 1 saturated carbocycles. The van der Waals surface area contributed by atoms with E-state index in [1.165, 1.54) is 12.8 Å². The van der Waals surface area contributed by atoms with Crippen molar-refractivity contribution in [2.24, 2.45) is 0 Å². The van der Waals surface area contributed by atoms with Gasteiger partial charge < -0.3 is 15.2 Å². The van der Waals surface area contributed by atoms with Crippen LogP contribution in [0, 0.1) is 0 Å². The van der Waals surface area contributed by atoms with E-state index in [4.69, 9.17) is 9.84 Å². The first-order chi connectivity index (χ1) is 9.15. The van der Waals surface area contributed by atoms with Crippen molar-refractivity contribution in [1.29, 1.82) is 0 Å². The van der Waals surface area contributed by atoms with Gasteiger partial charge in [0.1, 0.15) is 12.4 Å². The topological polar surface area (TPSA) is 58.6 Å². The summed E-state index contributed by atoms with van der Waals surface area (Å²) in [6.45, 7) is 2.35. The van der Waals surface area contributed by atoms with Gasteiger partial charge in [0.2, 0.25) is 0 Å². The summed E-state index contributed by atoms with van der Waals surface area (Å²) in [4.78, 5) is 10.8. The maximum Gasteiger partial charge on any atom is 0.335 e. The van der Waals surface area contributed by atoms with Crippen molar-refractivity contribution >= 4 is 17.7 Å². The highest BCUT2D eigenvalue weighted by Gasteiger charge is 2.41. The Labute approximate surface area is 117 Å². The third-order valence-corrected chi connectivity index (χ3v) is 4.74. The maximum absolute atomic E-state index is 10.8. The highest BCUT2D eigenvalue weighted by atomic mass is 32.2. The molecule has 5 heteroatoms. The number of hydrogen-bond acceptors (Lipinski definition) is 4. The van der Waals surface area contributed by atoms with Gasteiger partial charge in [-0.1, -0.05) is 6.07 Å². The summed E-state index contributed by atoms with van der Waals surface area (Å²) in [5.74, 6) is -0.327. The van der Waals surface area contributed by atoms with E-state index in [1.54, 1.807) is 24.3 Å². The number of carboxylic acid groups (broad SMARTS) is 1. The molecule has 0 heterocycles. The molecule has 104 valence electrons. The largest absolute Gasteiger partial charge is 0.492 e. The van der Waals surface area contributed by atoms with E-state index < -0.39 is 5.97 Å². The summed E-state index contributed by atoms with van der Waals surface area (Å²) < 4.78 is 5.99. The number of benzene rings is 1. The molecule has 1 fully saturated rings. The van der Waals surface area contributed by atoms with Gasteiger partial charge >= 0.3 is 5.97 Å². The smallest absolute Gasteiger partial charge is 0.335 e. The van der Waals surface area contributed by atoms with E-state index in [-0.39, 0.29) is 5.56 Å². The molecule has 0 amide bonds. The molecule has 0 saturated heterocycles. The first-order valence-corrected chi connectivity index (χ1v) is 7.60. The van der Waals surface area contributed by atoms with Crippen LogP contribution in [-0.2, 0) is 0 Å². The number of hydrogen-bond donors (Lipinski definition) is 2. The first kappa shape index (κ1) is 14.2. The van der Waals surface area contributed by atoms with E-state index in [9.17, 15) is 4.79 Å². The Morgan fingerprint density at radius 2 is 2.32 bits per heavy atom. The average molecular weight is 281 g/mol. The van der Waals surface area contributed by atoms with Crippen molar-refractivity contribution in [3.8, 4) is 5.75 Å². The highest BCUT2D eigenvalue weighted by molar-refractivity contribution is 8.00. The van der Waals surface area contributed by atoms with E-state index in [0.29, 0.717) is 17.1 Å². The molecule has 2 N–H and O–H groups in total. The van der Waals surface area contributed by atoms with Crippen LogP contribution in [0.1, 0.15) is 23.2 Å². The number of aromatic carboxylic acids is 1. The second kappa shape index (κ2) is 6.30. The molecular formula is C14H19NO3S. The SMILES string of the molecule is CSC1(CNCCOc2cccc(C(=O)O)c2)CC1. The fraction of sp³-hybridized carbons (Fsp3) is 0.500. The average Bonchev–Trinajstić information content (AvgIpc) is 3.19. The van der Waals surface area contributed by atoms with Crippen LogP contribution in [0.4, 0.5) is 0 Å². The van der Waals surface area contributed by atoms with Gasteiger partial charge in [0.25, 0.3) is 0 Å². The Bertz CT molecular complexity index is 446. The Hall–Kier alpha value is -1.20. The third kappa shape index (κ3) is 4.14. The van der Waals surface area contributed by atoms with E-state index in [1.807, 2.05) is 11.8 Å². The predicted octanol–water partition coefficient (Wildman–Crippen LogP) is 2.25. The first-order valence-electron chi connectivity index (χ1n) is 6.37. The van der Waals surface area contributed by atoms with Crippen LogP contribution >= 0.6 is 11.8 Å². The number of nitrogens with one attached hydrogen (secondary N) is 1. The minimum absolute atomic E-state index is 0.254. The van der Waals surface area contributed by atoms with Crippen LogP contribution in [0.5, 0.6) is 5.75 Å². The van der Waals surface area contributed by atoms with Crippen molar-refractivity contribution in [2.75, 3.05) is 26.0 Å². The van der Waals surface area contributed by atoms with Gasteiger partial charge in [-0.05, 0) is 37.3 Å². The second-order valence-electron chi connectivity index (χ2n) is 4.75. The molecule has 1 aliphatic carbocycles. The zero-order chi connectivity index (χ0) is 13.7. The van der Waals surface area contributed by atoms with Gasteiger partial charge in [-0.2, -0.15) is 11.8 Å². The summed E-state index contributed by atoms with van der Waals surface area (Å²) >= 11 is 1.93. The molecule has 0 bridgehead atoms. The van der Waals surface area contributed by atoms with Crippen LogP contribution < -0.4 is 10.1 Å². The van der Waals surface area contributed by atoms with Crippen LogP contribution in [0.25, 0.3) is 0 Å². The minimum atomic E-state index is -0.931. The van der Waals surface area contributed by atoms with E-state index >= 15 is 0 Å². The molecule has 19 heavy (non-hydrogen) atoms. The van der Waals surface area contributed by atoms with Gasteiger partial charge in [-0.15, -0.1) is 0 Å². The minimum Gasteiger partial charge on any atom is -0.492 e. The molecule has 1 aliphatic rings. The molecule has 0 unspecified atom stereocenters. The number of carbonyl (C=O) groups is 1.